The molecule has 0 aliphatic carbocycles. The van der Waals surface area contributed by atoms with Gasteiger partial charge >= 0.3 is 11.6 Å². The minimum absolute atomic E-state index is 0.0418. The number of ether oxygens (including phenoxy) is 1. The Hall–Kier alpha value is -3.32. The molecule has 0 radical (unpaired) electrons. The molecule has 0 N–H and O–H groups in total. The summed E-state index contributed by atoms with van der Waals surface area (Å²) >= 11 is 1.42. The summed E-state index contributed by atoms with van der Waals surface area (Å²) in [6, 6.07) is 13.5. The monoisotopic (exact) mass is 364 g/mol. The Balaban J connectivity index is 1.47. The lowest BCUT2D eigenvalue weighted by Crippen LogP contribution is -2.11. The van der Waals surface area contributed by atoms with E-state index >= 15 is 0 Å². The van der Waals surface area contributed by atoms with Crippen molar-refractivity contribution in [2.75, 3.05) is 0 Å². The number of thiazole rings is 1. The predicted octanol–water partition coefficient (Wildman–Crippen LogP) is 3.46. The van der Waals surface area contributed by atoms with Crippen LogP contribution in [0.25, 0.3) is 21.7 Å². The maximum Gasteiger partial charge on any atom is 0.336 e. The largest absolute Gasteiger partial charge is 0.426 e. The second-order valence-electron chi connectivity index (χ2n) is 5.46. The van der Waals surface area contributed by atoms with Crippen molar-refractivity contribution in [3.63, 3.8) is 0 Å². The summed E-state index contributed by atoms with van der Waals surface area (Å²) in [4.78, 5) is 32.1. The molecule has 0 fully saturated rings. The normalized spacial score (nSPS) is 10.8. The minimum atomic E-state index is -0.453. The van der Waals surface area contributed by atoms with Gasteiger partial charge in [-0.2, -0.15) is 0 Å². The molecule has 6 nitrogen and oxygen atoms in total. The summed E-state index contributed by atoms with van der Waals surface area (Å²) in [6.07, 6.45) is 1.74. The van der Waals surface area contributed by atoms with Gasteiger partial charge in [-0.25, -0.2) is 9.78 Å². The summed E-state index contributed by atoms with van der Waals surface area (Å²) in [7, 11) is 0. The molecule has 7 heteroatoms. The summed E-state index contributed by atoms with van der Waals surface area (Å²) in [5, 5.41) is 3.31. The van der Waals surface area contributed by atoms with Crippen molar-refractivity contribution >= 4 is 28.3 Å². The van der Waals surface area contributed by atoms with E-state index < -0.39 is 11.6 Å². The van der Waals surface area contributed by atoms with Crippen LogP contribution in [0.5, 0.6) is 5.75 Å². The molecule has 0 aliphatic rings. The fourth-order valence-electron chi connectivity index (χ4n) is 2.41. The number of hydrogen-bond acceptors (Lipinski definition) is 7. The fourth-order valence-corrected chi connectivity index (χ4v) is 3.21. The highest BCUT2D eigenvalue weighted by atomic mass is 32.1. The van der Waals surface area contributed by atoms with Gasteiger partial charge < -0.3 is 9.15 Å². The molecule has 3 heterocycles. The van der Waals surface area contributed by atoms with Crippen LogP contribution in [0, 0.1) is 0 Å². The molecule has 0 bridgehead atoms. The van der Waals surface area contributed by atoms with Crippen LogP contribution in [0.3, 0.4) is 0 Å². The van der Waals surface area contributed by atoms with Crippen molar-refractivity contribution < 1.29 is 13.9 Å². The molecule has 128 valence electrons. The second-order valence-corrected chi connectivity index (χ2v) is 6.32. The third-order valence-electron chi connectivity index (χ3n) is 3.59. The van der Waals surface area contributed by atoms with E-state index in [2.05, 4.69) is 9.97 Å². The number of benzene rings is 1. The number of pyridine rings is 1. The van der Waals surface area contributed by atoms with Crippen LogP contribution < -0.4 is 10.4 Å². The predicted molar refractivity (Wildman–Crippen MR) is 97.2 cm³/mol. The van der Waals surface area contributed by atoms with E-state index in [0.29, 0.717) is 17.0 Å². The zero-order chi connectivity index (χ0) is 17.9. The van der Waals surface area contributed by atoms with E-state index in [-0.39, 0.29) is 6.42 Å². The van der Waals surface area contributed by atoms with E-state index in [1.807, 2.05) is 23.6 Å². The Morgan fingerprint density at radius 2 is 2.04 bits per heavy atom. The summed E-state index contributed by atoms with van der Waals surface area (Å²) in [6.45, 7) is 0. The quantitative estimate of drug-likeness (QED) is 0.313. The van der Waals surface area contributed by atoms with E-state index in [0.717, 1.165) is 16.1 Å². The average molecular weight is 364 g/mol. The topological polar surface area (TPSA) is 82.3 Å². The number of carbonyl (C=O) groups is 1. The van der Waals surface area contributed by atoms with E-state index in [9.17, 15) is 9.59 Å². The Morgan fingerprint density at radius 3 is 2.88 bits per heavy atom. The molecule has 3 aromatic heterocycles. The summed E-state index contributed by atoms with van der Waals surface area (Å²) in [5.41, 5.74) is 1.30. The van der Waals surface area contributed by atoms with Crippen molar-refractivity contribution in [3.8, 4) is 16.5 Å². The van der Waals surface area contributed by atoms with Crippen molar-refractivity contribution in [1.82, 2.24) is 9.97 Å². The Bertz CT molecular complexity index is 1130. The first kappa shape index (κ1) is 16.2. The molecule has 4 rings (SSSR count). The van der Waals surface area contributed by atoms with Gasteiger partial charge in [-0.15, -0.1) is 11.3 Å². The highest BCUT2D eigenvalue weighted by Gasteiger charge is 2.12. The second kappa shape index (κ2) is 6.89. The van der Waals surface area contributed by atoms with Crippen molar-refractivity contribution in [2.45, 2.75) is 6.42 Å². The standard InChI is InChI=1S/C19H12N2O4S/c22-17-7-5-12-4-6-14(10-16(12)25-17)24-18(23)9-13-11-26-19(21-13)15-3-1-2-8-20-15/h1-8,10-11H,9H2. The lowest BCUT2D eigenvalue weighted by Gasteiger charge is -2.04. The molecule has 26 heavy (non-hydrogen) atoms. The third kappa shape index (κ3) is 3.52. The van der Waals surface area contributed by atoms with Gasteiger partial charge in [-0.1, -0.05) is 6.07 Å². The first-order valence-corrected chi connectivity index (χ1v) is 8.66. The van der Waals surface area contributed by atoms with Crippen molar-refractivity contribution in [2.24, 2.45) is 0 Å². The lowest BCUT2D eigenvalue weighted by molar-refractivity contribution is -0.133. The van der Waals surface area contributed by atoms with Crippen LogP contribution in [0.15, 0.2) is 69.3 Å². The van der Waals surface area contributed by atoms with Gasteiger partial charge in [0.25, 0.3) is 0 Å². The van der Waals surface area contributed by atoms with Crippen LogP contribution in [-0.2, 0) is 11.2 Å². The molecule has 0 unspecified atom stereocenters. The van der Waals surface area contributed by atoms with Gasteiger partial charge in [0, 0.05) is 29.1 Å². The van der Waals surface area contributed by atoms with Crippen LogP contribution in [0.2, 0.25) is 0 Å². The van der Waals surface area contributed by atoms with E-state index in [1.54, 1.807) is 24.4 Å². The zero-order valence-corrected chi connectivity index (χ0v) is 14.2. The number of nitrogens with zero attached hydrogens (tertiary/aromatic N) is 2. The van der Waals surface area contributed by atoms with Crippen LogP contribution in [-0.4, -0.2) is 15.9 Å². The van der Waals surface area contributed by atoms with Gasteiger partial charge in [0.05, 0.1) is 17.8 Å². The molecular weight excluding hydrogens is 352 g/mol. The number of fused-ring (bicyclic) bond motifs is 1. The molecule has 0 saturated heterocycles. The van der Waals surface area contributed by atoms with Crippen LogP contribution in [0.4, 0.5) is 0 Å². The molecule has 1 aromatic carbocycles. The van der Waals surface area contributed by atoms with Gasteiger partial charge in [0.1, 0.15) is 16.3 Å². The van der Waals surface area contributed by atoms with Crippen LogP contribution in [0.1, 0.15) is 5.69 Å². The summed E-state index contributed by atoms with van der Waals surface area (Å²) < 4.78 is 10.4. The maximum absolute atomic E-state index is 12.2. The minimum Gasteiger partial charge on any atom is -0.426 e. The number of rotatable bonds is 4. The molecule has 0 atom stereocenters. The van der Waals surface area contributed by atoms with E-state index in [4.69, 9.17) is 9.15 Å². The number of hydrogen-bond donors (Lipinski definition) is 0. The van der Waals surface area contributed by atoms with Crippen LogP contribution >= 0.6 is 11.3 Å². The highest BCUT2D eigenvalue weighted by molar-refractivity contribution is 7.13. The van der Waals surface area contributed by atoms with Crippen molar-refractivity contribution in [3.05, 3.63) is 76.2 Å². The van der Waals surface area contributed by atoms with Gasteiger partial charge in [0.2, 0.25) is 0 Å². The number of aromatic nitrogens is 2. The van der Waals surface area contributed by atoms with Gasteiger partial charge in [0.15, 0.2) is 0 Å². The molecular formula is C19H12N2O4S. The first-order chi connectivity index (χ1) is 12.7. The molecule has 0 aliphatic heterocycles. The maximum atomic E-state index is 12.2. The Morgan fingerprint density at radius 1 is 1.15 bits per heavy atom. The number of esters is 1. The summed E-state index contributed by atoms with van der Waals surface area (Å²) in [5.74, 6) is -0.127. The molecule has 4 aromatic rings. The Labute approximate surface area is 151 Å². The average Bonchev–Trinajstić information content (AvgIpc) is 3.10. The highest BCUT2D eigenvalue weighted by Crippen LogP contribution is 2.23. The fraction of sp³-hybridized carbons (Fsp3) is 0.0526. The van der Waals surface area contributed by atoms with Gasteiger partial charge in [-0.05, 0) is 30.3 Å². The Kier molecular flexibility index (Phi) is 4.28. The molecule has 0 amide bonds. The first-order valence-electron chi connectivity index (χ1n) is 7.78. The van der Waals surface area contributed by atoms with E-state index in [1.165, 1.54) is 23.5 Å². The molecule has 0 saturated carbocycles. The smallest absolute Gasteiger partial charge is 0.336 e. The zero-order valence-electron chi connectivity index (χ0n) is 13.4. The SMILES string of the molecule is O=C(Cc1csc(-c2ccccn2)n1)Oc1ccc2ccc(=O)oc2c1. The lowest BCUT2D eigenvalue weighted by atomic mass is 10.2. The third-order valence-corrected chi connectivity index (χ3v) is 4.50. The molecule has 0 spiro atoms. The van der Waals surface area contributed by atoms with Gasteiger partial charge in [-0.3, -0.25) is 9.78 Å². The van der Waals surface area contributed by atoms with Crippen molar-refractivity contribution in [1.29, 1.82) is 0 Å². The number of carbonyl (C=O) groups excluding carboxylic acids is 1.